The minimum absolute atomic E-state index is 0.0673. The van der Waals surface area contributed by atoms with Crippen LogP contribution in [-0.2, 0) is 26.2 Å². The van der Waals surface area contributed by atoms with Gasteiger partial charge in [-0.2, -0.15) is 0 Å². The largest absolute Gasteiger partial charge is 0.494 e. The molecule has 3 rings (SSSR count). The second-order valence-corrected chi connectivity index (χ2v) is 10.7. The molecule has 0 aliphatic heterocycles. The molecule has 0 spiro atoms. The van der Waals surface area contributed by atoms with E-state index in [9.17, 15) is 18.0 Å². The number of nitrogens with one attached hydrogen (secondary N) is 1. The zero-order valence-corrected chi connectivity index (χ0v) is 23.1. The van der Waals surface area contributed by atoms with Crippen molar-refractivity contribution in [2.24, 2.45) is 0 Å². The summed E-state index contributed by atoms with van der Waals surface area (Å²) in [5.74, 6) is -0.216. The van der Waals surface area contributed by atoms with Crippen LogP contribution in [0.2, 0.25) is 0 Å². The molecule has 0 heterocycles. The highest BCUT2D eigenvalue weighted by Crippen LogP contribution is 2.27. The molecule has 0 saturated carbocycles. The molecule has 8 nitrogen and oxygen atoms in total. The summed E-state index contributed by atoms with van der Waals surface area (Å²) in [5, 5.41) is 2.62. The van der Waals surface area contributed by atoms with Crippen molar-refractivity contribution in [2.75, 3.05) is 24.5 Å². The number of hydrogen-bond acceptors (Lipinski definition) is 5. The van der Waals surface area contributed by atoms with E-state index in [-0.39, 0.29) is 17.3 Å². The standard InChI is InChI=1S/C29H35N3O5S/c1-5-27(29(34)30-4)31(20-23-10-8-7-9-11-23)28(33)21-32(24-14-16-25(17-15-24)37-6-2)38(35,36)26-18-12-22(3)13-19-26/h7-19,27H,5-6,20-21H2,1-4H3,(H,30,34)/t27-/m0/s1. The van der Waals surface area contributed by atoms with Gasteiger partial charge in [0.1, 0.15) is 18.3 Å². The third kappa shape index (κ3) is 6.92. The van der Waals surface area contributed by atoms with Gasteiger partial charge in [0.2, 0.25) is 11.8 Å². The van der Waals surface area contributed by atoms with Gasteiger partial charge in [-0.15, -0.1) is 0 Å². The summed E-state index contributed by atoms with van der Waals surface area (Å²) in [6.45, 7) is 5.69. The second kappa shape index (κ2) is 13.1. The number of ether oxygens (including phenoxy) is 1. The maximum atomic E-state index is 13.9. The lowest BCUT2D eigenvalue weighted by atomic mass is 10.1. The van der Waals surface area contributed by atoms with Crippen LogP contribution < -0.4 is 14.4 Å². The first-order chi connectivity index (χ1) is 18.2. The number of amides is 2. The van der Waals surface area contributed by atoms with Gasteiger partial charge >= 0.3 is 0 Å². The van der Waals surface area contributed by atoms with E-state index in [1.807, 2.05) is 51.1 Å². The van der Waals surface area contributed by atoms with Crippen LogP contribution in [0.5, 0.6) is 5.75 Å². The summed E-state index contributed by atoms with van der Waals surface area (Å²) in [5.41, 5.74) is 2.06. The zero-order valence-electron chi connectivity index (χ0n) is 22.3. The van der Waals surface area contributed by atoms with Crippen LogP contribution in [0, 0.1) is 6.92 Å². The highest BCUT2D eigenvalue weighted by atomic mass is 32.2. The Balaban J connectivity index is 2.04. The summed E-state index contributed by atoms with van der Waals surface area (Å²) in [6, 6.07) is 21.6. The normalized spacial score (nSPS) is 11.9. The van der Waals surface area contributed by atoms with Gasteiger partial charge in [-0.1, -0.05) is 55.0 Å². The number of anilines is 1. The van der Waals surface area contributed by atoms with Crippen molar-refractivity contribution in [1.29, 1.82) is 0 Å². The summed E-state index contributed by atoms with van der Waals surface area (Å²) < 4.78 is 34.3. The predicted molar refractivity (Wildman–Crippen MR) is 148 cm³/mol. The lowest BCUT2D eigenvalue weighted by molar-refractivity contribution is -0.140. The molecule has 0 saturated heterocycles. The van der Waals surface area contributed by atoms with Crippen molar-refractivity contribution in [2.45, 2.75) is 44.7 Å². The predicted octanol–water partition coefficient (Wildman–Crippen LogP) is 4.14. The van der Waals surface area contributed by atoms with Gasteiger partial charge in [0.15, 0.2) is 0 Å². The number of sulfonamides is 1. The molecule has 2 amide bonds. The Kier molecular flexibility index (Phi) is 9.90. The van der Waals surface area contributed by atoms with Crippen LogP contribution in [-0.4, -0.2) is 51.4 Å². The topological polar surface area (TPSA) is 96.0 Å². The Hall–Kier alpha value is -3.85. The number of carbonyl (C=O) groups is 2. The Bertz CT molecular complexity index is 1310. The van der Waals surface area contributed by atoms with Crippen molar-refractivity contribution >= 4 is 27.5 Å². The quantitative estimate of drug-likeness (QED) is 0.375. The first-order valence-corrected chi connectivity index (χ1v) is 14.0. The van der Waals surface area contributed by atoms with Crippen LogP contribution >= 0.6 is 0 Å². The van der Waals surface area contributed by atoms with E-state index < -0.39 is 28.5 Å². The number of hydrogen-bond donors (Lipinski definition) is 1. The number of rotatable bonds is 12. The van der Waals surface area contributed by atoms with Crippen molar-refractivity contribution < 1.29 is 22.7 Å². The molecule has 3 aromatic carbocycles. The second-order valence-electron chi connectivity index (χ2n) is 8.80. The Labute approximate surface area is 225 Å². The molecule has 0 aliphatic carbocycles. The molecule has 0 aliphatic rings. The van der Waals surface area contributed by atoms with E-state index in [2.05, 4.69) is 5.32 Å². The van der Waals surface area contributed by atoms with E-state index >= 15 is 0 Å². The van der Waals surface area contributed by atoms with E-state index in [0.717, 1.165) is 15.4 Å². The number of likely N-dealkylation sites (N-methyl/N-ethyl adjacent to an activating group) is 1. The van der Waals surface area contributed by atoms with E-state index in [0.29, 0.717) is 24.5 Å². The van der Waals surface area contributed by atoms with Crippen LogP contribution in [0.3, 0.4) is 0 Å². The molecule has 0 bridgehead atoms. The molecular formula is C29H35N3O5S. The molecule has 0 radical (unpaired) electrons. The maximum Gasteiger partial charge on any atom is 0.264 e. The van der Waals surface area contributed by atoms with E-state index in [1.165, 1.54) is 24.1 Å². The number of carbonyl (C=O) groups excluding carboxylic acids is 2. The van der Waals surface area contributed by atoms with Gasteiger partial charge in [-0.25, -0.2) is 8.42 Å². The van der Waals surface area contributed by atoms with Crippen molar-refractivity contribution in [1.82, 2.24) is 10.2 Å². The number of aryl methyl sites for hydroxylation is 1. The molecule has 1 atom stereocenters. The summed E-state index contributed by atoms with van der Waals surface area (Å²) in [6.07, 6.45) is 0.367. The molecule has 0 aromatic heterocycles. The minimum Gasteiger partial charge on any atom is -0.494 e. The third-order valence-corrected chi connectivity index (χ3v) is 7.94. The van der Waals surface area contributed by atoms with Gasteiger partial charge in [0, 0.05) is 13.6 Å². The zero-order chi connectivity index (χ0) is 27.7. The van der Waals surface area contributed by atoms with Crippen LogP contribution in [0.25, 0.3) is 0 Å². The molecule has 202 valence electrons. The van der Waals surface area contributed by atoms with Gasteiger partial charge in [0.05, 0.1) is 17.2 Å². The molecule has 38 heavy (non-hydrogen) atoms. The highest BCUT2D eigenvalue weighted by Gasteiger charge is 2.33. The molecule has 9 heteroatoms. The lowest BCUT2D eigenvalue weighted by Crippen LogP contribution is -2.51. The van der Waals surface area contributed by atoms with Gasteiger partial charge < -0.3 is 15.0 Å². The lowest BCUT2D eigenvalue weighted by Gasteiger charge is -2.33. The fourth-order valence-electron chi connectivity index (χ4n) is 4.11. The SMILES string of the molecule is CCOc1ccc(N(CC(=O)N(Cc2ccccc2)[C@@H](CC)C(=O)NC)S(=O)(=O)c2ccc(C)cc2)cc1. The van der Waals surface area contributed by atoms with Gasteiger partial charge in [0.25, 0.3) is 10.0 Å². The third-order valence-electron chi connectivity index (χ3n) is 6.15. The van der Waals surface area contributed by atoms with Gasteiger partial charge in [-0.3, -0.25) is 13.9 Å². The summed E-state index contributed by atoms with van der Waals surface area (Å²) in [7, 11) is -2.59. The first-order valence-electron chi connectivity index (χ1n) is 12.6. The molecule has 0 fully saturated rings. The van der Waals surface area contributed by atoms with Crippen molar-refractivity contribution in [3.63, 3.8) is 0 Å². The monoisotopic (exact) mass is 537 g/mol. The number of nitrogens with zero attached hydrogens (tertiary/aromatic N) is 2. The Morgan fingerprint density at radius 1 is 0.921 bits per heavy atom. The smallest absolute Gasteiger partial charge is 0.264 e. The molecule has 0 unspecified atom stereocenters. The molecule has 3 aromatic rings. The fraction of sp³-hybridized carbons (Fsp3) is 0.310. The maximum absolute atomic E-state index is 13.9. The summed E-state index contributed by atoms with van der Waals surface area (Å²) in [4.78, 5) is 28.1. The van der Waals surface area contributed by atoms with Crippen molar-refractivity contribution in [3.8, 4) is 5.75 Å². The first kappa shape index (κ1) is 28.7. The molecule has 1 N–H and O–H groups in total. The van der Waals surface area contributed by atoms with Crippen molar-refractivity contribution in [3.05, 3.63) is 90.0 Å². The van der Waals surface area contributed by atoms with Gasteiger partial charge in [-0.05, 0) is 62.2 Å². The number of benzene rings is 3. The summed E-state index contributed by atoms with van der Waals surface area (Å²) >= 11 is 0. The van der Waals surface area contributed by atoms with Crippen LogP contribution in [0.15, 0.2) is 83.8 Å². The fourth-order valence-corrected chi connectivity index (χ4v) is 5.52. The van der Waals surface area contributed by atoms with Crippen LogP contribution in [0.4, 0.5) is 5.69 Å². The average Bonchev–Trinajstić information content (AvgIpc) is 2.92. The van der Waals surface area contributed by atoms with E-state index in [1.54, 1.807) is 36.4 Å². The average molecular weight is 538 g/mol. The van der Waals surface area contributed by atoms with Crippen LogP contribution in [0.1, 0.15) is 31.4 Å². The minimum atomic E-state index is -4.11. The highest BCUT2D eigenvalue weighted by molar-refractivity contribution is 7.92. The van der Waals surface area contributed by atoms with E-state index in [4.69, 9.17) is 4.74 Å². The molecular weight excluding hydrogens is 502 g/mol. The Morgan fingerprint density at radius 3 is 2.11 bits per heavy atom. The Morgan fingerprint density at radius 2 is 1.55 bits per heavy atom.